The zero-order chi connectivity index (χ0) is 11.3. The second kappa shape index (κ2) is 5.85. The quantitative estimate of drug-likeness (QED) is 0.800. The summed E-state index contributed by atoms with van der Waals surface area (Å²) in [5, 5.41) is 3.88. The van der Waals surface area contributed by atoms with E-state index >= 15 is 0 Å². The average molecular weight is 278 g/mol. The molecule has 2 atom stereocenters. The highest BCUT2D eigenvalue weighted by Crippen LogP contribution is 2.17. The molecule has 88 valence electrons. The molecule has 1 aliphatic heterocycles. The van der Waals surface area contributed by atoms with Gasteiger partial charge in [0, 0.05) is 17.5 Å². The topological polar surface area (TPSA) is 38.3 Å². The second-order valence-corrected chi connectivity index (χ2v) is 5.01. The van der Waals surface area contributed by atoms with Crippen LogP contribution in [0.2, 0.25) is 0 Å². The van der Waals surface area contributed by atoms with E-state index in [0.29, 0.717) is 6.61 Å². The largest absolute Gasteiger partial charge is 0.381 e. The fourth-order valence-corrected chi connectivity index (χ4v) is 2.10. The first-order valence-corrected chi connectivity index (χ1v) is 6.69. The van der Waals surface area contributed by atoms with Gasteiger partial charge in [-0.1, -0.05) is 22.9 Å². The Kier molecular flexibility index (Phi) is 5.06. The number of carbonyl (C=O) groups excluding carboxylic acids is 1. The van der Waals surface area contributed by atoms with E-state index in [-0.39, 0.29) is 17.4 Å². The minimum atomic E-state index is -0.130. The van der Waals surface area contributed by atoms with E-state index < -0.39 is 0 Å². The molecular weight excluding hydrogens is 258 g/mol. The van der Waals surface area contributed by atoms with Crippen molar-refractivity contribution in [1.82, 2.24) is 5.32 Å². The zero-order valence-corrected chi connectivity index (χ0v) is 11.1. The van der Waals surface area contributed by atoms with Crippen LogP contribution in [0.5, 0.6) is 0 Å². The highest BCUT2D eigenvalue weighted by atomic mass is 79.9. The number of ether oxygens (including phenoxy) is 1. The van der Waals surface area contributed by atoms with E-state index in [1.165, 1.54) is 0 Å². The third kappa shape index (κ3) is 3.76. The Morgan fingerprint density at radius 3 is 2.87 bits per heavy atom. The summed E-state index contributed by atoms with van der Waals surface area (Å²) >= 11 is 3.44. The predicted octanol–water partition coefficient (Wildman–Crippen LogP) is 2.09. The van der Waals surface area contributed by atoms with Crippen LogP contribution in [0.15, 0.2) is 0 Å². The Morgan fingerprint density at radius 1 is 1.67 bits per heavy atom. The predicted molar refractivity (Wildman–Crippen MR) is 64.2 cm³/mol. The minimum absolute atomic E-state index is 0.0451. The van der Waals surface area contributed by atoms with Gasteiger partial charge >= 0.3 is 0 Å². The van der Waals surface area contributed by atoms with Crippen LogP contribution < -0.4 is 5.32 Å². The van der Waals surface area contributed by atoms with Gasteiger partial charge in [-0.2, -0.15) is 0 Å². The fourth-order valence-electron chi connectivity index (χ4n) is 1.56. The average Bonchev–Trinajstić information content (AvgIpc) is 2.30. The molecule has 0 aliphatic carbocycles. The highest BCUT2D eigenvalue weighted by molar-refractivity contribution is 9.09. The maximum absolute atomic E-state index is 11.9. The Labute approximate surface area is 100 Å². The Bertz CT molecular complexity index is 211. The van der Waals surface area contributed by atoms with Gasteiger partial charge in [0.1, 0.15) is 0 Å². The van der Waals surface area contributed by atoms with Crippen molar-refractivity contribution in [1.29, 1.82) is 0 Å². The summed E-state index contributed by atoms with van der Waals surface area (Å²) in [6.07, 6.45) is 2.88. The lowest BCUT2D eigenvalue weighted by Crippen LogP contribution is -2.50. The van der Waals surface area contributed by atoms with Crippen molar-refractivity contribution in [2.75, 3.05) is 18.5 Å². The number of hydrogen-bond acceptors (Lipinski definition) is 2. The van der Waals surface area contributed by atoms with E-state index in [1.807, 2.05) is 0 Å². The molecule has 15 heavy (non-hydrogen) atoms. The van der Waals surface area contributed by atoms with Crippen LogP contribution >= 0.6 is 15.9 Å². The normalized spacial score (nSPS) is 25.7. The summed E-state index contributed by atoms with van der Waals surface area (Å²) in [4.78, 5) is 11.9. The molecule has 1 amide bonds. The molecule has 0 aromatic carbocycles. The molecular formula is C11H20BrNO2. The molecule has 0 saturated carbocycles. The number of hydrogen-bond donors (Lipinski definition) is 1. The van der Waals surface area contributed by atoms with Crippen LogP contribution in [0.1, 0.15) is 33.1 Å². The zero-order valence-electron chi connectivity index (χ0n) is 9.51. The van der Waals surface area contributed by atoms with Gasteiger partial charge in [0.25, 0.3) is 0 Å². The smallest absolute Gasteiger partial charge is 0.225 e. The fraction of sp³-hybridized carbons (Fsp3) is 0.909. The van der Waals surface area contributed by atoms with Crippen molar-refractivity contribution >= 4 is 21.8 Å². The first-order valence-electron chi connectivity index (χ1n) is 5.57. The van der Waals surface area contributed by atoms with Gasteiger partial charge in [-0.25, -0.2) is 0 Å². The maximum Gasteiger partial charge on any atom is 0.225 e. The summed E-state index contributed by atoms with van der Waals surface area (Å²) in [6, 6.07) is 0. The Hall–Kier alpha value is -0.0900. The number of carbonyl (C=O) groups is 1. The lowest BCUT2D eigenvalue weighted by molar-refractivity contribution is -0.130. The number of halogens is 1. The summed E-state index contributed by atoms with van der Waals surface area (Å²) < 4.78 is 5.31. The molecule has 1 aliphatic rings. The Morgan fingerprint density at radius 2 is 2.40 bits per heavy atom. The first-order chi connectivity index (χ1) is 7.11. The second-order valence-electron chi connectivity index (χ2n) is 4.45. The van der Waals surface area contributed by atoms with Crippen molar-refractivity contribution < 1.29 is 9.53 Å². The van der Waals surface area contributed by atoms with Gasteiger partial charge < -0.3 is 10.1 Å². The van der Waals surface area contributed by atoms with Crippen LogP contribution in [0.3, 0.4) is 0 Å². The van der Waals surface area contributed by atoms with Crippen molar-refractivity contribution in [2.24, 2.45) is 5.92 Å². The molecule has 2 unspecified atom stereocenters. The van der Waals surface area contributed by atoms with Gasteiger partial charge in [0.05, 0.1) is 12.5 Å². The number of nitrogens with one attached hydrogen (secondary N) is 1. The van der Waals surface area contributed by atoms with Gasteiger partial charge in [0.2, 0.25) is 5.91 Å². The van der Waals surface area contributed by atoms with Crippen LogP contribution in [0, 0.1) is 5.92 Å². The van der Waals surface area contributed by atoms with Crippen molar-refractivity contribution in [3.63, 3.8) is 0 Å². The molecule has 1 fully saturated rings. The Balaban J connectivity index is 2.46. The van der Waals surface area contributed by atoms with E-state index in [4.69, 9.17) is 4.74 Å². The molecule has 1 heterocycles. The summed E-state index contributed by atoms with van der Waals surface area (Å²) in [5.41, 5.74) is -0.130. The third-order valence-corrected chi connectivity index (χ3v) is 4.27. The van der Waals surface area contributed by atoms with Crippen LogP contribution in [0.4, 0.5) is 0 Å². The number of amides is 1. The molecule has 0 bridgehead atoms. The van der Waals surface area contributed by atoms with Crippen LogP contribution in [-0.4, -0.2) is 30.0 Å². The molecule has 1 rings (SSSR count). The molecule has 3 nitrogen and oxygen atoms in total. The first kappa shape index (κ1) is 13.0. The summed E-state index contributed by atoms with van der Waals surface area (Å²) in [6.45, 7) is 5.52. The van der Waals surface area contributed by atoms with Crippen LogP contribution in [0.25, 0.3) is 0 Å². The molecule has 4 heteroatoms. The van der Waals surface area contributed by atoms with Crippen molar-refractivity contribution in [3.8, 4) is 0 Å². The van der Waals surface area contributed by atoms with Gasteiger partial charge in [0.15, 0.2) is 0 Å². The number of alkyl halides is 1. The van der Waals surface area contributed by atoms with E-state index in [0.717, 1.165) is 31.2 Å². The summed E-state index contributed by atoms with van der Waals surface area (Å²) in [5.74, 6) is 0.183. The summed E-state index contributed by atoms with van der Waals surface area (Å²) in [7, 11) is 0. The molecule has 1 saturated heterocycles. The van der Waals surface area contributed by atoms with Gasteiger partial charge in [-0.05, 0) is 26.2 Å². The van der Waals surface area contributed by atoms with Crippen molar-refractivity contribution in [3.05, 3.63) is 0 Å². The molecule has 0 spiro atoms. The highest BCUT2D eigenvalue weighted by Gasteiger charge is 2.28. The van der Waals surface area contributed by atoms with E-state index in [2.05, 4.69) is 35.1 Å². The van der Waals surface area contributed by atoms with E-state index in [9.17, 15) is 4.79 Å². The number of rotatable bonds is 4. The van der Waals surface area contributed by atoms with E-state index in [1.54, 1.807) is 0 Å². The van der Waals surface area contributed by atoms with Gasteiger partial charge in [-0.15, -0.1) is 0 Å². The maximum atomic E-state index is 11.9. The van der Waals surface area contributed by atoms with Crippen molar-refractivity contribution in [2.45, 2.75) is 38.6 Å². The SMILES string of the molecule is CCC(C)(CBr)NC(=O)C1CCCOC1. The molecule has 0 aromatic heterocycles. The lowest BCUT2D eigenvalue weighted by atomic mass is 9.97. The minimum Gasteiger partial charge on any atom is -0.381 e. The standard InChI is InChI=1S/C11H20BrNO2/c1-3-11(2,8-12)13-10(14)9-5-4-6-15-7-9/h9H,3-8H2,1-2H3,(H,13,14). The van der Waals surface area contributed by atoms with Gasteiger partial charge in [-0.3, -0.25) is 4.79 Å². The monoisotopic (exact) mass is 277 g/mol. The molecule has 1 N–H and O–H groups in total. The molecule has 0 aromatic rings. The van der Waals surface area contributed by atoms with Crippen LogP contribution in [-0.2, 0) is 9.53 Å². The molecule has 0 radical (unpaired) electrons. The lowest BCUT2D eigenvalue weighted by Gasteiger charge is -2.30. The third-order valence-electron chi connectivity index (χ3n) is 3.03.